The lowest BCUT2D eigenvalue weighted by Crippen LogP contribution is -2.25. The number of unbranched alkanes of at least 4 members (excludes halogenated alkanes) is 1. The predicted octanol–water partition coefficient (Wildman–Crippen LogP) is 5.03. The van der Waals surface area contributed by atoms with Crippen LogP contribution in [0.1, 0.15) is 72.1 Å². The molecular weight excluding hydrogens is 168 g/mol. The van der Waals surface area contributed by atoms with Crippen molar-refractivity contribution in [1.82, 2.24) is 0 Å². The van der Waals surface area contributed by atoms with Crippen molar-refractivity contribution in [2.24, 2.45) is 17.8 Å². The third-order valence-corrected chi connectivity index (χ3v) is 3.82. The summed E-state index contributed by atoms with van der Waals surface area (Å²) in [7, 11) is 0. The zero-order chi connectivity index (χ0) is 10.4. The van der Waals surface area contributed by atoms with Gasteiger partial charge >= 0.3 is 0 Å². The van der Waals surface area contributed by atoms with E-state index in [1.165, 1.54) is 38.5 Å². The fourth-order valence-corrected chi connectivity index (χ4v) is 2.97. The van der Waals surface area contributed by atoms with Crippen molar-refractivity contribution in [3.8, 4) is 0 Å². The van der Waals surface area contributed by atoms with Gasteiger partial charge in [-0.25, -0.2) is 0 Å². The highest BCUT2D eigenvalue weighted by Crippen LogP contribution is 2.41. The molecule has 0 aromatic heterocycles. The minimum atomic E-state index is 0.983. The molecule has 0 saturated heterocycles. The molecule has 1 fully saturated rings. The Morgan fingerprint density at radius 1 is 1.07 bits per heavy atom. The van der Waals surface area contributed by atoms with Crippen LogP contribution in [-0.2, 0) is 0 Å². The molecule has 0 heterocycles. The average Bonchev–Trinajstić information content (AvgIpc) is 2.09. The van der Waals surface area contributed by atoms with Gasteiger partial charge in [0.15, 0.2) is 0 Å². The van der Waals surface area contributed by atoms with Crippen LogP contribution in [0.3, 0.4) is 0 Å². The number of hydrogen-bond acceptors (Lipinski definition) is 0. The van der Waals surface area contributed by atoms with Crippen molar-refractivity contribution in [3.05, 3.63) is 0 Å². The van der Waals surface area contributed by atoms with Gasteiger partial charge < -0.3 is 0 Å². The molecule has 0 radical (unpaired) electrons. The van der Waals surface area contributed by atoms with E-state index in [1.807, 2.05) is 0 Å². The maximum atomic E-state index is 2.43. The van der Waals surface area contributed by atoms with Gasteiger partial charge in [0.2, 0.25) is 0 Å². The van der Waals surface area contributed by atoms with Crippen molar-refractivity contribution >= 4 is 0 Å². The third-order valence-electron chi connectivity index (χ3n) is 3.82. The highest BCUT2D eigenvalue weighted by atomic mass is 14.3. The summed E-state index contributed by atoms with van der Waals surface area (Å²) < 4.78 is 0. The summed E-state index contributed by atoms with van der Waals surface area (Å²) in [6, 6.07) is 0. The summed E-state index contributed by atoms with van der Waals surface area (Å²) in [4.78, 5) is 0. The van der Waals surface area contributed by atoms with E-state index >= 15 is 0 Å². The summed E-state index contributed by atoms with van der Waals surface area (Å²) in [5.74, 6) is 3.18. The molecule has 84 valence electrons. The second-order valence-electron chi connectivity index (χ2n) is 5.48. The molecule has 0 aromatic rings. The molecule has 0 bridgehead atoms. The monoisotopic (exact) mass is 196 g/mol. The molecule has 1 saturated carbocycles. The molecule has 14 heavy (non-hydrogen) atoms. The van der Waals surface area contributed by atoms with Gasteiger partial charge in [0.1, 0.15) is 0 Å². The Hall–Kier alpha value is 0. The smallest absolute Gasteiger partial charge is 0.0406 e. The first-order chi connectivity index (χ1) is 6.76. The first kappa shape index (κ1) is 12.1. The highest BCUT2D eigenvalue weighted by molar-refractivity contribution is 4.80. The van der Waals surface area contributed by atoms with Gasteiger partial charge in [-0.05, 0) is 37.0 Å². The maximum Gasteiger partial charge on any atom is -0.0406 e. The molecule has 0 amide bonds. The molecule has 0 heteroatoms. The van der Waals surface area contributed by atoms with Crippen LogP contribution in [0.2, 0.25) is 0 Å². The second kappa shape index (κ2) is 6.48. The van der Waals surface area contributed by atoms with Crippen LogP contribution in [0.15, 0.2) is 0 Å². The maximum absolute atomic E-state index is 2.43. The van der Waals surface area contributed by atoms with Crippen LogP contribution in [-0.4, -0.2) is 0 Å². The molecule has 0 aromatic carbocycles. The molecule has 0 spiro atoms. The SMILES string of the molecule is CCCCC1CC(CC(C)CCC)C1. The highest BCUT2D eigenvalue weighted by Gasteiger charge is 2.28. The van der Waals surface area contributed by atoms with Crippen molar-refractivity contribution in [1.29, 1.82) is 0 Å². The first-order valence-corrected chi connectivity index (χ1v) is 6.76. The Morgan fingerprint density at radius 3 is 2.36 bits per heavy atom. The van der Waals surface area contributed by atoms with E-state index in [2.05, 4.69) is 20.8 Å². The first-order valence-electron chi connectivity index (χ1n) is 6.76. The van der Waals surface area contributed by atoms with Crippen LogP contribution >= 0.6 is 0 Å². The molecule has 0 aliphatic heterocycles. The van der Waals surface area contributed by atoms with E-state index < -0.39 is 0 Å². The zero-order valence-corrected chi connectivity index (χ0v) is 10.4. The lowest BCUT2D eigenvalue weighted by Gasteiger charge is -2.37. The topological polar surface area (TPSA) is 0 Å². The van der Waals surface area contributed by atoms with Gasteiger partial charge in [0.25, 0.3) is 0 Å². The van der Waals surface area contributed by atoms with E-state index in [1.54, 1.807) is 12.8 Å². The number of hydrogen-bond donors (Lipinski definition) is 0. The van der Waals surface area contributed by atoms with E-state index in [0.717, 1.165) is 17.8 Å². The van der Waals surface area contributed by atoms with Gasteiger partial charge in [-0.15, -0.1) is 0 Å². The standard InChI is InChI=1S/C14H28/c1-4-6-8-13-10-14(11-13)9-12(3)7-5-2/h12-14H,4-11H2,1-3H3. The zero-order valence-electron chi connectivity index (χ0n) is 10.4. The summed E-state index contributed by atoms with van der Waals surface area (Å²) in [5.41, 5.74) is 0. The Balaban J connectivity index is 1.98. The normalized spacial score (nSPS) is 28.5. The number of rotatable bonds is 7. The largest absolute Gasteiger partial charge is 0.0654 e. The summed E-state index contributed by atoms with van der Waals surface area (Å²) in [6.07, 6.45) is 11.8. The molecular formula is C14H28. The predicted molar refractivity (Wildman–Crippen MR) is 64.4 cm³/mol. The summed E-state index contributed by atoms with van der Waals surface area (Å²) in [6.45, 7) is 7.05. The van der Waals surface area contributed by atoms with Crippen LogP contribution in [0.4, 0.5) is 0 Å². The average molecular weight is 196 g/mol. The van der Waals surface area contributed by atoms with Gasteiger partial charge in [0.05, 0.1) is 0 Å². The molecule has 0 N–H and O–H groups in total. The summed E-state index contributed by atoms with van der Waals surface area (Å²) in [5, 5.41) is 0. The summed E-state index contributed by atoms with van der Waals surface area (Å²) >= 11 is 0. The Kier molecular flexibility index (Phi) is 5.59. The molecule has 1 atom stereocenters. The van der Waals surface area contributed by atoms with Crippen LogP contribution in [0.25, 0.3) is 0 Å². The molecule has 1 aliphatic rings. The molecule has 0 nitrogen and oxygen atoms in total. The lowest BCUT2D eigenvalue weighted by atomic mass is 9.69. The minimum Gasteiger partial charge on any atom is -0.0654 e. The Labute approximate surface area is 90.5 Å². The van der Waals surface area contributed by atoms with Gasteiger partial charge in [0, 0.05) is 0 Å². The molecule has 1 unspecified atom stereocenters. The van der Waals surface area contributed by atoms with Gasteiger partial charge in [-0.1, -0.05) is 52.9 Å². The van der Waals surface area contributed by atoms with Crippen molar-refractivity contribution in [3.63, 3.8) is 0 Å². The fraction of sp³-hybridized carbons (Fsp3) is 1.00. The van der Waals surface area contributed by atoms with E-state index in [9.17, 15) is 0 Å². The lowest BCUT2D eigenvalue weighted by molar-refractivity contribution is 0.148. The van der Waals surface area contributed by atoms with Crippen LogP contribution in [0.5, 0.6) is 0 Å². The Morgan fingerprint density at radius 2 is 1.79 bits per heavy atom. The van der Waals surface area contributed by atoms with Crippen molar-refractivity contribution in [2.45, 2.75) is 72.1 Å². The van der Waals surface area contributed by atoms with Crippen LogP contribution in [0, 0.1) is 17.8 Å². The van der Waals surface area contributed by atoms with Gasteiger partial charge in [-0.3, -0.25) is 0 Å². The van der Waals surface area contributed by atoms with E-state index in [0.29, 0.717) is 0 Å². The van der Waals surface area contributed by atoms with E-state index in [-0.39, 0.29) is 0 Å². The Bertz CT molecular complexity index is 133. The molecule has 1 rings (SSSR count). The van der Waals surface area contributed by atoms with E-state index in [4.69, 9.17) is 0 Å². The second-order valence-corrected chi connectivity index (χ2v) is 5.48. The fourth-order valence-electron chi connectivity index (χ4n) is 2.97. The van der Waals surface area contributed by atoms with Crippen molar-refractivity contribution in [2.75, 3.05) is 0 Å². The third kappa shape index (κ3) is 4.02. The van der Waals surface area contributed by atoms with Gasteiger partial charge in [-0.2, -0.15) is 0 Å². The van der Waals surface area contributed by atoms with Crippen LogP contribution < -0.4 is 0 Å². The van der Waals surface area contributed by atoms with Crippen molar-refractivity contribution < 1.29 is 0 Å². The quantitative estimate of drug-likeness (QED) is 0.536. The minimum absolute atomic E-state index is 0.983. The molecule has 1 aliphatic carbocycles.